The number of hydrogen-bond donors (Lipinski definition) is 2. The van der Waals surface area contributed by atoms with Gasteiger partial charge in [-0.3, -0.25) is 19.7 Å². The van der Waals surface area contributed by atoms with E-state index < -0.39 is 0 Å². The van der Waals surface area contributed by atoms with Gasteiger partial charge in [0.15, 0.2) is 0 Å². The van der Waals surface area contributed by atoms with E-state index in [4.69, 9.17) is 11.6 Å². The summed E-state index contributed by atoms with van der Waals surface area (Å²) in [6.07, 6.45) is 1.68. The van der Waals surface area contributed by atoms with Crippen molar-refractivity contribution in [1.29, 1.82) is 0 Å². The van der Waals surface area contributed by atoms with Gasteiger partial charge in [-0.1, -0.05) is 17.7 Å². The molecule has 3 aliphatic heterocycles. The van der Waals surface area contributed by atoms with E-state index in [0.29, 0.717) is 24.9 Å². The fraction of sp³-hybridized carbons (Fsp3) is 0.619. The molecule has 29 heavy (non-hydrogen) atoms. The topological polar surface area (TPSA) is 77.4 Å². The van der Waals surface area contributed by atoms with Crippen molar-refractivity contribution in [2.24, 2.45) is 5.92 Å². The number of aromatic amines is 1. The number of piperidine rings is 1. The molecular formula is C21H28ClN5O2. The molecule has 0 aromatic carbocycles. The number of aliphatic hydroxyl groups is 1. The summed E-state index contributed by atoms with van der Waals surface area (Å²) < 4.78 is 2.02. The number of likely N-dealkylation sites (tertiary alicyclic amines) is 2. The molecule has 0 spiro atoms. The minimum atomic E-state index is -0.257. The summed E-state index contributed by atoms with van der Waals surface area (Å²) in [5.74, 6) is 0.846. The van der Waals surface area contributed by atoms with Gasteiger partial charge in [0.2, 0.25) is 0 Å². The SMILES string of the molecule is Cc1[nH]nc(CN2C[C@@H]3C[C@H](C2)c2ccc(CN4CC[C@@H](O)C4)c(=O)n2C3)c1Cl. The van der Waals surface area contributed by atoms with Crippen molar-refractivity contribution in [1.82, 2.24) is 24.6 Å². The lowest BCUT2D eigenvalue weighted by molar-refractivity contribution is 0.113. The number of halogens is 1. The van der Waals surface area contributed by atoms with Crippen LogP contribution in [0.2, 0.25) is 5.02 Å². The Kier molecular flexibility index (Phi) is 5.02. The predicted molar refractivity (Wildman–Crippen MR) is 111 cm³/mol. The first-order valence-electron chi connectivity index (χ1n) is 10.5. The van der Waals surface area contributed by atoms with Crippen LogP contribution < -0.4 is 5.56 Å². The fourth-order valence-corrected chi connectivity index (χ4v) is 5.46. The number of β-amino-alcohol motifs (C(OH)–C–C–N with tert-alkyl or cyclic N) is 1. The first kappa shape index (κ1) is 19.3. The Bertz CT molecular complexity index is 970. The Morgan fingerprint density at radius 1 is 1.21 bits per heavy atom. The highest BCUT2D eigenvalue weighted by Gasteiger charge is 2.35. The maximum atomic E-state index is 13.2. The molecular weight excluding hydrogens is 390 g/mol. The summed E-state index contributed by atoms with van der Waals surface area (Å²) in [4.78, 5) is 17.8. The Labute approximate surface area is 175 Å². The summed E-state index contributed by atoms with van der Waals surface area (Å²) in [6, 6.07) is 4.16. The third kappa shape index (κ3) is 3.65. The second-order valence-electron chi connectivity index (χ2n) is 8.98. The molecule has 0 saturated carbocycles. The minimum Gasteiger partial charge on any atom is -0.392 e. The van der Waals surface area contributed by atoms with Crippen molar-refractivity contribution in [3.63, 3.8) is 0 Å². The Hall–Kier alpha value is -1.67. The number of aliphatic hydroxyl groups excluding tert-OH is 1. The van der Waals surface area contributed by atoms with Gasteiger partial charge in [0.05, 0.1) is 22.5 Å². The average Bonchev–Trinajstić information content (AvgIpc) is 3.24. The zero-order chi connectivity index (χ0) is 20.1. The summed E-state index contributed by atoms with van der Waals surface area (Å²) in [5.41, 5.74) is 3.97. The van der Waals surface area contributed by atoms with Crippen molar-refractivity contribution in [2.75, 3.05) is 26.2 Å². The molecule has 5 heterocycles. The van der Waals surface area contributed by atoms with E-state index in [0.717, 1.165) is 73.2 Å². The van der Waals surface area contributed by atoms with E-state index in [9.17, 15) is 9.90 Å². The molecule has 0 radical (unpaired) electrons. The molecule has 5 rings (SSSR count). The number of fused-ring (bicyclic) bond motifs is 4. The largest absolute Gasteiger partial charge is 0.392 e. The van der Waals surface area contributed by atoms with Crippen LogP contribution in [0.15, 0.2) is 16.9 Å². The average molecular weight is 418 g/mol. The minimum absolute atomic E-state index is 0.151. The standard InChI is InChI=1S/C21H28ClN5O2/c1-13-20(22)18(24-23-13)12-26-7-14-6-16(10-26)19-3-2-15(21(29)27(19)8-14)9-25-5-4-17(28)11-25/h2-3,14,16-17,28H,4-12H2,1H3,(H,23,24)/t14-,16+,17+/m0/s1. The number of aromatic nitrogens is 3. The molecule has 2 fully saturated rings. The maximum Gasteiger partial charge on any atom is 0.255 e. The molecule has 156 valence electrons. The lowest BCUT2D eigenvalue weighted by atomic mass is 9.83. The molecule has 2 N–H and O–H groups in total. The van der Waals surface area contributed by atoms with Gasteiger partial charge in [-0.05, 0) is 31.7 Å². The highest BCUT2D eigenvalue weighted by Crippen LogP contribution is 2.36. The maximum absolute atomic E-state index is 13.2. The van der Waals surface area contributed by atoms with Crippen LogP contribution in [-0.2, 0) is 19.6 Å². The lowest BCUT2D eigenvalue weighted by Crippen LogP contribution is -2.47. The zero-order valence-corrected chi connectivity index (χ0v) is 17.5. The van der Waals surface area contributed by atoms with Crippen LogP contribution in [0.5, 0.6) is 0 Å². The van der Waals surface area contributed by atoms with Gasteiger partial charge in [-0.2, -0.15) is 5.10 Å². The second-order valence-corrected chi connectivity index (χ2v) is 9.36. The molecule has 0 unspecified atom stereocenters. The Morgan fingerprint density at radius 3 is 2.79 bits per heavy atom. The van der Waals surface area contributed by atoms with E-state index in [1.165, 1.54) is 0 Å². The number of aryl methyl sites for hydroxylation is 1. The van der Waals surface area contributed by atoms with Crippen LogP contribution in [0.25, 0.3) is 0 Å². The van der Waals surface area contributed by atoms with Gasteiger partial charge in [0.25, 0.3) is 5.56 Å². The summed E-state index contributed by atoms with van der Waals surface area (Å²) >= 11 is 6.36. The summed E-state index contributed by atoms with van der Waals surface area (Å²) in [5, 5.41) is 17.8. The van der Waals surface area contributed by atoms with Crippen LogP contribution in [0.1, 0.15) is 41.4 Å². The number of nitrogens with zero attached hydrogens (tertiary/aromatic N) is 4. The van der Waals surface area contributed by atoms with E-state index in [1.54, 1.807) is 0 Å². The third-order valence-corrected chi connectivity index (χ3v) is 7.22. The molecule has 2 aromatic heterocycles. The van der Waals surface area contributed by atoms with Gasteiger partial charge >= 0.3 is 0 Å². The quantitative estimate of drug-likeness (QED) is 0.792. The van der Waals surface area contributed by atoms with E-state index in [-0.39, 0.29) is 11.7 Å². The van der Waals surface area contributed by atoms with E-state index in [1.807, 2.05) is 17.6 Å². The smallest absolute Gasteiger partial charge is 0.255 e. The van der Waals surface area contributed by atoms with Gasteiger partial charge in [0.1, 0.15) is 0 Å². The first-order chi connectivity index (χ1) is 14.0. The molecule has 3 aliphatic rings. The lowest BCUT2D eigenvalue weighted by Gasteiger charge is -2.42. The number of rotatable bonds is 4. The molecule has 3 atom stereocenters. The van der Waals surface area contributed by atoms with E-state index >= 15 is 0 Å². The summed E-state index contributed by atoms with van der Waals surface area (Å²) in [6.45, 7) is 7.51. The van der Waals surface area contributed by atoms with Crippen molar-refractivity contribution in [3.8, 4) is 0 Å². The van der Waals surface area contributed by atoms with Crippen molar-refractivity contribution in [3.05, 3.63) is 50.2 Å². The Morgan fingerprint density at radius 2 is 2.07 bits per heavy atom. The van der Waals surface area contributed by atoms with Crippen molar-refractivity contribution >= 4 is 11.6 Å². The molecule has 2 saturated heterocycles. The van der Waals surface area contributed by atoms with Gasteiger partial charge in [-0.15, -0.1) is 0 Å². The highest BCUT2D eigenvalue weighted by molar-refractivity contribution is 6.31. The zero-order valence-electron chi connectivity index (χ0n) is 16.8. The van der Waals surface area contributed by atoms with Gasteiger partial charge < -0.3 is 9.67 Å². The molecule has 2 aromatic rings. The predicted octanol–water partition coefficient (Wildman–Crippen LogP) is 1.72. The van der Waals surface area contributed by atoms with Crippen molar-refractivity contribution < 1.29 is 5.11 Å². The van der Waals surface area contributed by atoms with Crippen LogP contribution in [-0.4, -0.2) is 62.0 Å². The number of hydrogen-bond acceptors (Lipinski definition) is 5. The first-order valence-corrected chi connectivity index (χ1v) is 10.9. The van der Waals surface area contributed by atoms with Crippen molar-refractivity contribution in [2.45, 2.75) is 51.4 Å². The number of pyridine rings is 1. The fourth-order valence-electron chi connectivity index (χ4n) is 5.32. The Balaban J connectivity index is 1.34. The molecule has 7 nitrogen and oxygen atoms in total. The molecule has 8 heteroatoms. The van der Waals surface area contributed by atoms with E-state index in [2.05, 4.69) is 26.1 Å². The monoisotopic (exact) mass is 417 g/mol. The van der Waals surface area contributed by atoms with Crippen LogP contribution in [0.4, 0.5) is 0 Å². The van der Waals surface area contributed by atoms with Crippen LogP contribution >= 0.6 is 11.6 Å². The second kappa shape index (κ2) is 7.54. The highest BCUT2D eigenvalue weighted by atomic mass is 35.5. The van der Waals surface area contributed by atoms with Crippen LogP contribution in [0.3, 0.4) is 0 Å². The molecule has 0 amide bonds. The number of nitrogens with one attached hydrogen (secondary N) is 1. The van der Waals surface area contributed by atoms with Gasteiger partial charge in [-0.25, -0.2) is 0 Å². The van der Waals surface area contributed by atoms with Crippen LogP contribution in [0, 0.1) is 12.8 Å². The molecule has 2 bridgehead atoms. The van der Waals surface area contributed by atoms with Gasteiger partial charge in [0, 0.05) is 63.0 Å². The summed E-state index contributed by atoms with van der Waals surface area (Å²) in [7, 11) is 0. The third-order valence-electron chi connectivity index (χ3n) is 6.71. The molecule has 0 aliphatic carbocycles. The normalized spacial score (nSPS) is 27.3. The number of H-pyrrole nitrogens is 1.